The predicted molar refractivity (Wildman–Crippen MR) is 79.0 cm³/mol. The van der Waals surface area contributed by atoms with Crippen molar-refractivity contribution < 1.29 is 14.3 Å². The summed E-state index contributed by atoms with van der Waals surface area (Å²) in [6.07, 6.45) is 5.68. The van der Waals surface area contributed by atoms with Crippen molar-refractivity contribution in [1.29, 1.82) is 0 Å². The van der Waals surface area contributed by atoms with E-state index in [1.165, 1.54) is 7.11 Å². The Bertz CT molecular complexity index is 567. The Morgan fingerprint density at radius 2 is 2.23 bits per heavy atom. The number of aromatic nitrogens is 2. The van der Waals surface area contributed by atoms with Gasteiger partial charge in [0.05, 0.1) is 19.2 Å². The number of aryl methyl sites for hydroxylation is 1. The van der Waals surface area contributed by atoms with E-state index in [4.69, 9.17) is 4.74 Å². The molecule has 2 heterocycles. The highest BCUT2D eigenvalue weighted by Gasteiger charge is 2.41. The van der Waals surface area contributed by atoms with Gasteiger partial charge in [-0.3, -0.25) is 9.48 Å². The Balaban J connectivity index is 1.69. The first kappa shape index (κ1) is 15.0. The topological polar surface area (TPSA) is 85.2 Å². The summed E-state index contributed by atoms with van der Waals surface area (Å²) in [7, 11) is 3.22. The molecule has 1 amide bonds. The molecular weight excluding hydrogens is 284 g/mol. The van der Waals surface area contributed by atoms with Gasteiger partial charge in [-0.2, -0.15) is 5.10 Å². The molecule has 0 aromatic carbocycles. The molecule has 1 aliphatic heterocycles. The molecule has 3 atom stereocenters. The molecule has 0 spiro atoms. The maximum absolute atomic E-state index is 12.6. The minimum Gasteiger partial charge on any atom is -0.467 e. The smallest absolute Gasteiger partial charge is 0.328 e. The number of nitrogens with one attached hydrogen (secondary N) is 2. The zero-order chi connectivity index (χ0) is 15.7. The van der Waals surface area contributed by atoms with E-state index in [-0.39, 0.29) is 29.6 Å². The van der Waals surface area contributed by atoms with Crippen LogP contribution in [0, 0.1) is 11.8 Å². The van der Waals surface area contributed by atoms with E-state index in [2.05, 4.69) is 15.7 Å². The highest BCUT2D eigenvalue weighted by molar-refractivity contribution is 5.87. The second kappa shape index (κ2) is 6.08. The first-order valence-electron chi connectivity index (χ1n) is 7.67. The van der Waals surface area contributed by atoms with Gasteiger partial charge in [0.2, 0.25) is 5.91 Å². The van der Waals surface area contributed by atoms with E-state index in [0.717, 1.165) is 24.9 Å². The summed E-state index contributed by atoms with van der Waals surface area (Å²) in [5, 5.41) is 10.3. The molecule has 3 rings (SSSR count). The van der Waals surface area contributed by atoms with Gasteiger partial charge in [-0.25, -0.2) is 4.79 Å². The van der Waals surface area contributed by atoms with Gasteiger partial charge in [-0.05, 0) is 24.3 Å². The Morgan fingerprint density at radius 3 is 2.82 bits per heavy atom. The van der Waals surface area contributed by atoms with Crippen molar-refractivity contribution in [3.8, 4) is 0 Å². The molecule has 1 aromatic heterocycles. The Labute approximate surface area is 129 Å². The Morgan fingerprint density at radius 1 is 1.45 bits per heavy atom. The van der Waals surface area contributed by atoms with Crippen LogP contribution in [0.15, 0.2) is 12.4 Å². The molecule has 22 heavy (non-hydrogen) atoms. The molecule has 1 saturated carbocycles. The lowest BCUT2D eigenvalue weighted by Crippen LogP contribution is -2.46. The van der Waals surface area contributed by atoms with E-state index in [9.17, 15) is 9.59 Å². The van der Waals surface area contributed by atoms with Crippen LogP contribution in [-0.4, -0.2) is 47.9 Å². The second-order valence-electron chi connectivity index (χ2n) is 6.17. The molecule has 2 aliphatic rings. The quantitative estimate of drug-likeness (QED) is 0.735. The zero-order valence-electron chi connectivity index (χ0n) is 12.9. The summed E-state index contributed by atoms with van der Waals surface area (Å²) in [4.78, 5) is 24.4. The van der Waals surface area contributed by atoms with E-state index in [0.29, 0.717) is 6.54 Å². The highest BCUT2D eigenvalue weighted by Crippen LogP contribution is 2.34. The number of ether oxygens (including phenoxy) is 1. The number of hydrogen-bond acceptors (Lipinski definition) is 5. The lowest BCUT2D eigenvalue weighted by atomic mass is 9.90. The van der Waals surface area contributed by atoms with Crippen molar-refractivity contribution in [2.45, 2.75) is 24.8 Å². The fourth-order valence-electron chi connectivity index (χ4n) is 3.12. The fourth-order valence-corrected chi connectivity index (χ4v) is 3.12. The monoisotopic (exact) mass is 306 g/mol. The number of nitrogens with zero attached hydrogens (tertiary/aromatic N) is 2. The molecule has 2 fully saturated rings. The standard InChI is InChI=1S/C15H22N4O3/c1-19-8-10(5-17-19)11-6-16-7-12(11)14(20)18-13(9-3-4-9)15(21)22-2/h5,8-9,11-13,16H,3-4,6-7H2,1-2H3,(H,18,20)/t11-,12+,13?/m1/s1. The normalized spacial score (nSPS) is 25.7. The molecule has 0 radical (unpaired) electrons. The van der Waals surface area contributed by atoms with Crippen molar-refractivity contribution in [2.75, 3.05) is 20.2 Å². The molecule has 1 unspecified atom stereocenters. The maximum atomic E-state index is 12.6. The summed E-state index contributed by atoms with van der Waals surface area (Å²) >= 11 is 0. The number of methoxy groups -OCH3 is 1. The lowest BCUT2D eigenvalue weighted by Gasteiger charge is -2.21. The number of rotatable bonds is 5. The van der Waals surface area contributed by atoms with Crippen LogP contribution < -0.4 is 10.6 Å². The average molecular weight is 306 g/mol. The number of esters is 1. The first-order chi connectivity index (χ1) is 10.6. The van der Waals surface area contributed by atoms with Crippen molar-refractivity contribution in [1.82, 2.24) is 20.4 Å². The summed E-state index contributed by atoms with van der Waals surface area (Å²) in [6, 6.07) is -0.507. The van der Waals surface area contributed by atoms with Gasteiger partial charge in [0.25, 0.3) is 0 Å². The van der Waals surface area contributed by atoms with Crippen LogP contribution >= 0.6 is 0 Å². The van der Waals surface area contributed by atoms with Crippen LogP contribution in [0.5, 0.6) is 0 Å². The summed E-state index contributed by atoms with van der Waals surface area (Å²) in [5.41, 5.74) is 1.05. The van der Waals surface area contributed by atoms with Gasteiger partial charge < -0.3 is 15.4 Å². The molecular formula is C15H22N4O3. The van der Waals surface area contributed by atoms with Gasteiger partial charge in [0.1, 0.15) is 6.04 Å². The van der Waals surface area contributed by atoms with E-state index in [1.807, 2.05) is 13.2 Å². The van der Waals surface area contributed by atoms with Crippen LogP contribution in [0.1, 0.15) is 24.3 Å². The minimum absolute atomic E-state index is 0.0823. The van der Waals surface area contributed by atoms with E-state index < -0.39 is 6.04 Å². The number of carbonyl (C=O) groups is 2. The SMILES string of the molecule is COC(=O)C(NC(=O)[C@H]1CNC[C@@H]1c1cnn(C)c1)C1CC1. The Hall–Kier alpha value is -1.89. The third kappa shape index (κ3) is 2.99. The first-order valence-corrected chi connectivity index (χ1v) is 7.67. The van der Waals surface area contributed by atoms with Crippen molar-refractivity contribution in [3.05, 3.63) is 18.0 Å². The van der Waals surface area contributed by atoms with E-state index in [1.54, 1.807) is 10.9 Å². The van der Waals surface area contributed by atoms with Crippen LogP contribution in [-0.2, 0) is 21.4 Å². The molecule has 1 saturated heterocycles. The molecule has 120 valence electrons. The summed E-state index contributed by atoms with van der Waals surface area (Å²) < 4.78 is 6.55. The average Bonchev–Trinajstić information content (AvgIpc) is 3.06. The largest absolute Gasteiger partial charge is 0.467 e. The fraction of sp³-hybridized carbons (Fsp3) is 0.667. The van der Waals surface area contributed by atoms with Crippen molar-refractivity contribution in [2.24, 2.45) is 18.9 Å². The van der Waals surface area contributed by atoms with Gasteiger partial charge in [-0.15, -0.1) is 0 Å². The molecule has 7 nitrogen and oxygen atoms in total. The van der Waals surface area contributed by atoms with Crippen molar-refractivity contribution >= 4 is 11.9 Å². The minimum atomic E-state index is -0.507. The third-order valence-corrected chi connectivity index (χ3v) is 4.55. The van der Waals surface area contributed by atoms with Gasteiger partial charge >= 0.3 is 5.97 Å². The number of carbonyl (C=O) groups excluding carboxylic acids is 2. The molecule has 1 aliphatic carbocycles. The Kier molecular flexibility index (Phi) is 4.15. The van der Waals surface area contributed by atoms with Crippen LogP contribution in [0.3, 0.4) is 0 Å². The molecule has 7 heteroatoms. The highest BCUT2D eigenvalue weighted by atomic mass is 16.5. The van der Waals surface area contributed by atoms with Crippen LogP contribution in [0.2, 0.25) is 0 Å². The number of hydrogen-bond donors (Lipinski definition) is 2. The molecule has 1 aromatic rings. The van der Waals surface area contributed by atoms with Crippen LogP contribution in [0.4, 0.5) is 0 Å². The summed E-state index contributed by atoms with van der Waals surface area (Å²) in [6.45, 7) is 1.36. The van der Waals surface area contributed by atoms with Gasteiger partial charge in [-0.1, -0.05) is 0 Å². The second-order valence-corrected chi connectivity index (χ2v) is 6.17. The zero-order valence-corrected chi connectivity index (χ0v) is 12.9. The number of amides is 1. The third-order valence-electron chi connectivity index (χ3n) is 4.55. The predicted octanol–water partition coefficient (Wildman–Crippen LogP) is -0.209. The van der Waals surface area contributed by atoms with Crippen LogP contribution in [0.25, 0.3) is 0 Å². The molecule has 2 N–H and O–H groups in total. The lowest BCUT2D eigenvalue weighted by molar-refractivity contribution is -0.146. The molecule has 0 bridgehead atoms. The maximum Gasteiger partial charge on any atom is 0.328 e. The van der Waals surface area contributed by atoms with E-state index >= 15 is 0 Å². The van der Waals surface area contributed by atoms with Crippen molar-refractivity contribution in [3.63, 3.8) is 0 Å². The van der Waals surface area contributed by atoms with Gasteiger partial charge in [0, 0.05) is 32.3 Å². The van der Waals surface area contributed by atoms with Gasteiger partial charge in [0.15, 0.2) is 0 Å². The summed E-state index contributed by atoms with van der Waals surface area (Å²) in [5.74, 6) is -0.301.